The molecule has 0 atom stereocenters. The number of thiophene rings is 1. The predicted octanol–water partition coefficient (Wildman–Crippen LogP) is 4.05. The number of benzene rings is 2. The zero-order valence-corrected chi connectivity index (χ0v) is 22.9. The van der Waals surface area contributed by atoms with Gasteiger partial charge in [-0.25, -0.2) is 13.4 Å². The minimum atomic E-state index is -3.65. The summed E-state index contributed by atoms with van der Waals surface area (Å²) in [6.45, 7) is 3.38. The van der Waals surface area contributed by atoms with E-state index in [1.807, 2.05) is 10.6 Å². The Kier molecular flexibility index (Phi) is 6.81. The van der Waals surface area contributed by atoms with Crippen LogP contribution in [-0.4, -0.2) is 53.9 Å². The van der Waals surface area contributed by atoms with Crippen LogP contribution in [0.5, 0.6) is 5.75 Å². The second kappa shape index (κ2) is 10.3. The Morgan fingerprint density at radius 3 is 2.47 bits per heavy atom. The molecule has 0 aliphatic carbocycles. The lowest BCUT2D eigenvalue weighted by Gasteiger charge is -2.32. The van der Waals surface area contributed by atoms with E-state index in [0.29, 0.717) is 28.9 Å². The Bertz CT molecular complexity index is 1610. The van der Waals surface area contributed by atoms with Gasteiger partial charge in [-0.2, -0.15) is 4.31 Å². The average Bonchev–Trinajstić information content (AvgIpc) is 3.33. The SMILES string of the molecule is COc1ccc(S(=O)(=O)N2CCc3c(sc4ncn(C5CCN(Cc6ccccc6)CC5)c(=O)c34)C2)cc1. The van der Waals surface area contributed by atoms with Gasteiger partial charge in [0.05, 0.1) is 23.7 Å². The van der Waals surface area contributed by atoms with Crippen molar-refractivity contribution in [3.05, 3.63) is 87.3 Å². The zero-order chi connectivity index (χ0) is 26.3. The number of methoxy groups -OCH3 is 1. The van der Waals surface area contributed by atoms with E-state index < -0.39 is 10.0 Å². The maximum atomic E-state index is 13.7. The molecule has 4 aromatic rings. The molecule has 0 spiro atoms. The highest BCUT2D eigenvalue weighted by molar-refractivity contribution is 7.89. The number of ether oxygens (including phenoxy) is 1. The van der Waals surface area contributed by atoms with Gasteiger partial charge < -0.3 is 4.74 Å². The molecule has 0 bridgehead atoms. The van der Waals surface area contributed by atoms with E-state index in [1.165, 1.54) is 21.2 Å². The van der Waals surface area contributed by atoms with Gasteiger partial charge in [0, 0.05) is 43.6 Å². The molecule has 0 amide bonds. The third-order valence-electron chi connectivity index (χ3n) is 7.65. The molecule has 38 heavy (non-hydrogen) atoms. The maximum Gasteiger partial charge on any atom is 0.262 e. The monoisotopic (exact) mass is 550 g/mol. The summed E-state index contributed by atoms with van der Waals surface area (Å²) in [6.07, 6.45) is 4.00. The topological polar surface area (TPSA) is 84.7 Å². The summed E-state index contributed by atoms with van der Waals surface area (Å²) in [4.78, 5) is 22.6. The van der Waals surface area contributed by atoms with Crippen LogP contribution in [0.3, 0.4) is 0 Å². The van der Waals surface area contributed by atoms with Crippen LogP contribution in [0, 0.1) is 0 Å². The first-order chi connectivity index (χ1) is 18.4. The first kappa shape index (κ1) is 25.2. The fourth-order valence-corrected chi connectivity index (χ4v) is 8.22. The first-order valence-electron chi connectivity index (χ1n) is 12.9. The molecule has 8 nitrogen and oxygen atoms in total. The van der Waals surface area contributed by atoms with Gasteiger partial charge in [0.25, 0.3) is 5.56 Å². The first-order valence-corrected chi connectivity index (χ1v) is 15.1. The highest BCUT2D eigenvalue weighted by Crippen LogP contribution is 2.35. The molecule has 1 fully saturated rings. The van der Waals surface area contributed by atoms with Crippen molar-refractivity contribution in [1.82, 2.24) is 18.8 Å². The van der Waals surface area contributed by atoms with Crippen molar-refractivity contribution in [2.24, 2.45) is 0 Å². The second-order valence-corrected chi connectivity index (χ2v) is 12.9. The number of aromatic nitrogens is 2. The molecule has 1 saturated heterocycles. The fraction of sp³-hybridized carbons (Fsp3) is 0.357. The van der Waals surface area contributed by atoms with Gasteiger partial charge in [-0.15, -0.1) is 11.3 Å². The van der Waals surface area contributed by atoms with E-state index in [9.17, 15) is 13.2 Å². The lowest BCUT2D eigenvalue weighted by Crippen LogP contribution is -2.37. The lowest BCUT2D eigenvalue weighted by atomic mass is 10.0. The van der Waals surface area contributed by atoms with Crippen molar-refractivity contribution in [3.63, 3.8) is 0 Å². The van der Waals surface area contributed by atoms with E-state index >= 15 is 0 Å². The molecule has 6 rings (SSSR count). The van der Waals surface area contributed by atoms with Gasteiger partial charge in [-0.05, 0) is 54.7 Å². The van der Waals surface area contributed by atoms with Crippen LogP contribution in [0.4, 0.5) is 0 Å². The smallest absolute Gasteiger partial charge is 0.262 e. The fourth-order valence-electron chi connectivity index (χ4n) is 5.53. The van der Waals surface area contributed by atoms with Crippen molar-refractivity contribution in [1.29, 1.82) is 0 Å². The van der Waals surface area contributed by atoms with E-state index in [2.05, 4.69) is 34.1 Å². The standard InChI is InChI=1S/C28H30N4O4S2/c1-36-22-7-9-23(10-8-22)38(34,35)31-16-13-24-25(18-31)37-27-26(24)28(33)32(19-29-27)21-11-14-30(15-12-21)17-20-5-3-2-4-6-20/h2-10,19,21H,11-18H2,1H3. The largest absolute Gasteiger partial charge is 0.497 e. The number of likely N-dealkylation sites (tertiary alicyclic amines) is 1. The predicted molar refractivity (Wildman–Crippen MR) is 148 cm³/mol. The van der Waals surface area contributed by atoms with Crippen molar-refractivity contribution in [3.8, 4) is 5.75 Å². The molecule has 2 aromatic heterocycles. The molecule has 0 saturated carbocycles. The Labute approximate surface area is 226 Å². The molecule has 2 aliphatic rings. The van der Waals surface area contributed by atoms with Gasteiger partial charge in [0.2, 0.25) is 10.0 Å². The molecule has 2 aromatic carbocycles. The van der Waals surface area contributed by atoms with Gasteiger partial charge in [0.1, 0.15) is 10.6 Å². The van der Waals surface area contributed by atoms with Gasteiger partial charge in [-0.1, -0.05) is 30.3 Å². The Morgan fingerprint density at radius 1 is 1.03 bits per heavy atom. The zero-order valence-electron chi connectivity index (χ0n) is 21.2. The van der Waals surface area contributed by atoms with E-state index in [-0.39, 0.29) is 23.0 Å². The molecule has 2 aliphatic heterocycles. The van der Waals surface area contributed by atoms with Crippen LogP contribution < -0.4 is 10.3 Å². The number of hydrogen-bond acceptors (Lipinski definition) is 7. The number of rotatable bonds is 6. The number of hydrogen-bond donors (Lipinski definition) is 0. The number of nitrogens with zero attached hydrogens (tertiary/aromatic N) is 4. The highest BCUT2D eigenvalue weighted by Gasteiger charge is 2.32. The summed E-state index contributed by atoms with van der Waals surface area (Å²) < 4.78 is 35.0. The van der Waals surface area contributed by atoms with Crippen molar-refractivity contribution in [2.75, 3.05) is 26.7 Å². The van der Waals surface area contributed by atoms with Crippen LogP contribution in [0.15, 0.2) is 70.6 Å². The highest BCUT2D eigenvalue weighted by atomic mass is 32.2. The summed E-state index contributed by atoms with van der Waals surface area (Å²) in [5.74, 6) is 0.610. The summed E-state index contributed by atoms with van der Waals surface area (Å²) in [7, 11) is -2.10. The van der Waals surface area contributed by atoms with E-state index in [4.69, 9.17) is 4.74 Å². The minimum Gasteiger partial charge on any atom is -0.497 e. The Balaban J connectivity index is 1.20. The Hall–Kier alpha value is -3.05. The molecule has 0 unspecified atom stereocenters. The van der Waals surface area contributed by atoms with Crippen molar-refractivity contribution in [2.45, 2.75) is 43.3 Å². The number of sulfonamides is 1. The van der Waals surface area contributed by atoms with Crippen LogP contribution in [0.1, 0.15) is 34.9 Å². The van der Waals surface area contributed by atoms with E-state index in [1.54, 1.807) is 37.7 Å². The summed E-state index contributed by atoms with van der Waals surface area (Å²) in [5.41, 5.74) is 2.26. The normalized spacial score (nSPS) is 17.5. The average molecular weight is 551 g/mol. The van der Waals surface area contributed by atoms with Crippen LogP contribution in [0.2, 0.25) is 0 Å². The minimum absolute atomic E-state index is 0.000436. The summed E-state index contributed by atoms with van der Waals surface area (Å²) >= 11 is 1.43. The maximum absolute atomic E-state index is 13.7. The molecular weight excluding hydrogens is 520 g/mol. The summed E-state index contributed by atoms with van der Waals surface area (Å²) in [5, 5.41) is 0.667. The van der Waals surface area contributed by atoms with Crippen molar-refractivity contribution < 1.29 is 13.2 Å². The van der Waals surface area contributed by atoms with Gasteiger partial charge >= 0.3 is 0 Å². The molecular formula is C28H30N4O4S2. The molecule has 10 heteroatoms. The number of piperidine rings is 1. The van der Waals surface area contributed by atoms with Gasteiger partial charge in [-0.3, -0.25) is 14.3 Å². The lowest BCUT2D eigenvalue weighted by molar-refractivity contribution is 0.177. The van der Waals surface area contributed by atoms with Crippen LogP contribution in [0.25, 0.3) is 10.2 Å². The van der Waals surface area contributed by atoms with Crippen LogP contribution >= 0.6 is 11.3 Å². The third kappa shape index (κ3) is 4.66. The second-order valence-electron chi connectivity index (χ2n) is 9.90. The molecule has 0 N–H and O–H groups in total. The summed E-state index contributed by atoms with van der Waals surface area (Å²) in [6, 6.07) is 17.0. The van der Waals surface area contributed by atoms with E-state index in [0.717, 1.165) is 42.9 Å². The molecule has 4 heterocycles. The third-order valence-corrected chi connectivity index (χ3v) is 10.6. The van der Waals surface area contributed by atoms with Gasteiger partial charge in [0.15, 0.2) is 0 Å². The molecule has 198 valence electrons. The van der Waals surface area contributed by atoms with Crippen molar-refractivity contribution >= 4 is 31.6 Å². The quantitative estimate of drug-likeness (QED) is 0.360. The Morgan fingerprint density at radius 2 is 1.76 bits per heavy atom. The number of fused-ring (bicyclic) bond motifs is 3. The van der Waals surface area contributed by atoms with Crippen LogP contribution in [-0.2, 0) is 29.5 Å². The molecule has 0 radical (unpaired) electrons.